The van der Waals surface area contributed by atoms with Gasteiger partial charge in [-0.2, -0.15) is 9.67 Å². The van der Waals surface area contributed by atoms with Crippen LogP contribution in [-0.2, 0) is 14.9 Å². The van der Waals surface area contributed by atoms with Gasteiger partial charge in [0.15, 0.2) is 17.4 Å². The molecule has 0 radical (unpaired) electrons. The number of fused-ring (bicyclic) bond motifs is 3. The van der Waals surface area contributed by atoms with Crippen LogP contribution in [0.1, 0.15) is 57.1 Å². The van der Waals surface area contributed by atoms with Gasteiger partial charge in [-0.05, 0) is 81.5 Å². The van der Waals surface area contributed by atoms with Gasteiger partial charge in [-0.25, -0.2) is 19.5 Å². The van der Waals surface area contributed by atoms with Crippen LogP contribution >= 0.6 is 0 Å². The van der Waals surface area contributed by atoms with Crippen molar-refractivity contribution in [3.63, 3.8) is 0 Å². The highest BCUT2D eigenvalue weighted by molar-refractivity contribution is 6.22. The number of carbonyl (C=O) groups is 3. The van der Waals surface area contributed by atoms with Crippen molar-refractivity contribution in [3.8, 4) is 11.5 Å². The van der Waals surface area contributed by atoms with Crippen LogP contribution in [-0.4, -0.2) is 75.9 Å². The highest BCUT2D eigenvalue weighted by Gasteiger charge is 2.68. The number of rotatable bonds is 6. The van der Waals surface area contributed by atoms with Crippen molar-refractivity contribution in [2.45, 2.75) is 57.0 Å². The van der Waals surface area contributed by atoms with E-state index in [0.29, 0.717) is 57.7 Å². The van der Waals surface area contributed by atoms with Gasteiger partial charge in [-0.3, -0.25) is 4.79 Å². The summed E-state index contributed by atoms with van der Waals surface area (Å²) in [5, 5.41) is 18.4. The van der Waals surface area contributed by atoms with Gasteiger partial charge in [-0.15, -0.1) is 5.10 Å². The molecule has 1 aliphatic carbocycles. The molecule has 244 valence electrons. The van der Waals surface area contributed by atoms with Gasteiger partial charge < -0.3 is 29.5 Å². The zero-order valence-electron chi connectivity index (χ0n) is 26.7. The summed E-state index contributed by atoms with van der Waals surface area (Å²) < 4.78 is 17.8. The number of amides is 2. The van der Waals surface area contributed by atoms with Crippen molar-refractivity contribution in [1.82, 2.24) is 19.7 Å². The number of benzene rings is 2. The van der Waals surface area contributed by atoms with Crippen LogP contribution in [0.5, 0.6) is 11.5 Å². The van der Waals surface area contributed by atoms with E-state index in [1.54, 1.807) is 51.2 Å². The summed E-state index contributed by atoms with van der Waals surface area (Å²) in [7, 11) is 3.05. The SMILES string of the molecule is COc1ccc2c(c1)[C@]1(C[C@H]1c1ccc3c(Nc4nc(N5CCCC5)ncc4OC)nn(C(=O)OC(C)(C)C)c3c1)C(=O)N2C(=O)O. The standard InChI is InChI=1S/C33H35N7O7/c1-32(2,3)47-31(44)40-24-14-18(22-16-33(22)21-15-19(45-4)9-11-23(21)39(28(33)41)30(42)43)8-10-20(24)26(37-40)35-27-25(46-5)17-34-29(36-27)38-12-6-7-13-38/h8-11,14-15,17,22H,6-7,12-13,16H2,1-5H3,(H,42,43)(H,34,35,36,37)/t22-,33-/m0/s1. The predicted octanol–water partition coefficient (Wildman–Crippen LogP) is 5.42. The molecule has 14 heteroatoms. The van der Waals surface area contributed by atoms with Crippen LogP contribution in [0.15, 0.2) is 42.6 Å². The van der Waals surface area contributed by atoms with Gasteiger partial charge in [0.1, 0.15) is 11.4 Å². The summed E-state index contributed by atoms with van der Waals surface area (Å²) >= 11 is 0. The highest BCUT2D eigenvalue weighted by atomic mass is 16.6. The summed E-state index contributed by atoms with van der Waals surface area (Å²) in [5.74, 6) is 1.37. The lowest BCUT2D eigenvalue weighted by Crippen LogP contribution is -2.36. The fourth-order valence-electron chi connectivity index (χ4n) is 6.68. The number of methoxy groups -OCH3 is 2. The molecule has 2 aromatic carbocycles. The number of hydrogen-bond acceptors (Lipinski definition) is 11. The number of aromatic nitrogens is 4. The predicted molar refractivity (Wildman–Crippen MR) is 172 cm³/mol. The van der Waals surface area contributed by atoms with Gasteiger partial charge in [0, 0.05) is 24.4 Å². The fourth-order valence-corrected chi connectivity index (χ4v) is 6.68. The maximum absolute atomic E-state index is 13.7. The second-order valence-electron chi connectivity index (χ2n) is 13.0. The molecular formula is C33H35N7O7. The zero-order valence-corrected chi connectivity index (χ0v) is 26.7. The van der Waals surface area contributed by atoms with Crippen molar-refractivity contribution in [2.75, 3.05) is 42.4 Å². The Labute approximate surface area is 270 Å². The van der Waals surface area contributed by atoms with Crippen molar-refractivity contribution >= 4 is 52.3 Å². The van der Waals surface area contributed by atoms with E-state index in [1.807, 2.05) is 12.1 Å². The molecule has 0 bridgehead atoms. The third kappa shape index (κ3) is 4.95. The van der Waals surface area contributed by atoms with Crippen LogP contribution in [0, 0.1) is 0 Å². The van der Waals surface area contributed by atoms with Gasteiger partial charge >= 0.3 is 12.2 Å². The lowest BCUT2D eigenvalue weighted by molar-refractivity contribution is -0.119. The summed E-state index contributed by atoms with van der Waals surface area (Å²) in [4.78, 5) is 51.5. The Bertz CT molecular complexity index is 1950. The molecule has 2 amide bonds. The van der Waals surface area contributed by atoms with Crippen molar-refractivity contribution < 1.29 is 33.7 Å². The number of nitrogens with one attached hydrogen (secondary N) is 1. The maximum Gasteiger partial charge on any atom is 0.435 e. The Morgan fingerprint density at radius 3 is 2.49 bits per heavy atom. The smallest absolute Gasteiger partial charge is 0.435 e. The average Bonchev–Trinajstić information content (AvgIpc) is 3.28. The lowest BCUT2D eigenvalue weighted by Gasteiger charge is -2.19. The van der Waals surface area contributed by atoms with Gasteiger partial charge in [-0.1, -0.05) is 6.07 Å². The molecule has 2 fully saturated rings. The average molecular weight is 642 g/mol. The minimum Gasteiger partial charge on any atom is -0.497 e. The van der Waals surface area contributed by atoms with Crippen LogP contribution < -0.4 is 24.6 Å². The number of hydrogen-bond donors (Lipinski definition) is 2. The molecule has 2 N–H and O–H groups in total. The lowest BCUT2D eigenvalue weighted by atomic mass is 9.91. The first kappa shape index (κ1) is 30.3. The summed E-state index contributed by atoms with van der Waals surface area (Å²) in [6.07, 6.45) is 2.09. The molecule has 3 aliphatic rings. The summed E-state index contributed by atoms with van der Waals surface area (Å²) in [6, 6.07) is 10.5. The minimum atomic E-state index is -1.34. The van der Waals surface area contributed by atoms with Crippen LogP contribution in [0.2, 0.25) is 0 Å². The molecule has 47 heavy (non-hydrogen) atoms. The minimum absolute atomic E-state index is 0.323. The van der Waals surface area contributed by atoms with E-state index < -0.39 is 29.1 Å². The molecule has 1 saturated carbocycles. The van der Waals surface area contributed by atoms with Crippen molar-refractivity contribution in [1.29, 1.82) is 0 Å². The van der Waals surface area contributed by atoms with Gasteiger partial charge in [0.2, 0.25) is 11.9 Å². The maximum atomic E-state index is 13.7. The van der Waals surface area contributed by atoms with Crippen LogP contribution in [0.25, 0.3) is 10.9 Å². The molecule has 2 atom stereocenters. The molecule has 0 unspecified atom stereocenters. The normalized spacial score (nSPS) is 20.1. The molecule has 2 aromatic heterocycles. The number of imide groups is 1. The van der Waals surface area contributed by atoms with E-state index in [0.717, 1.165) is 36.4 Å². The Morgan fingerprint density at radius 2 is 1.81 bits per heavy atom. The quantitative estimate of drug-likeness (QED) is 0.275. The van der Waals surface area contributed by atoms with E-state index in [4.69, 9.17) is 19.2 Å². The molecule has 14 nitrogen and oxygen atoms in total. The molecule has 1 spiro atoms. The molecule has 2 aliphatic heterocycles. The third-order valence-corrected chi connectivity index (χ3v) is 8.92. The van der Waals surface area contributed by atoms with E-state index in [1.165, 1.54) is 18.9 Å². The van der Waals surface area contributed by atoms with Crippen molar-refractivity contribution in [2.24, 2.45) is 0 Å². The zero-order chi connectivity index (χ0) is 33.2. The Morgan fingerprint density at radius 1 is 1.04 bits per heavy atom. The number of nitrogens with zero attached hydrogens (tertiary/aromatic N) is 6. The first-order valence-corrected chi connectivity index (χ1v) is 15.4. The second kappa shape index (κ2) is 10.9. The van der Waals surface area contributed by atoms with Gasteiger partial charge in [0.05, 0.1) is 37.0 Å². The Hall–Kier alpha value is -5.40. The Kier molecular flexibility index (Phi) is 6.99. The largest absolute Gasteiger partial charge is 0.497 e. The second-order valence-corrected chi connectivity index (χ2v) is 13.0. The van der Waals surface area contributed by atoms with E-state index in [-0.39, 0.29) is 5.92 Å². The topological polar surface area (TPSA) is 161 Å². The number of ether oxygens (including phenoxy) is 3. The monoisotopic (exact) mass is 641 g/mol. The molecular weight excluding hydrogens is 606 g/mol. The van der Waals surface area contributed by atoms with Crippen molar-refractivity contribution in [3.05, 3.63) is 53.7 Å². The third-order valence-electron chi connectivity index (χ3n) is 8.92. The van der Waals surface area contributed by atoms with Gasteiger partial charge in [0.25, 0.3) is 0 Å². The van der Waals surface area contributed by atoms with Crippen LogP contribution in [0.4, 0.5) is 32.9 Å². The molecule has 4 aromatic rings. The summed E-state index contributed by atoms with van der Waals surface area (Å²) in [5.41, 5.74) is 0.250. The van der Waals surface area contributed by atoms with E-state index >= 15 is 0 Å². The molecule has 1 saturated heterocycles. The first-order chi connectivity index (χ1) is 22.4. The van der Waals surface area contributed by atoms with E-state index in [2.05, 4.69) is 20.3 Å². The molecule has 4 heterocycles. The van der Waals surface area contributed by atoms with E-state index in [9.17, 15) is 19.5 Å². The highest BCUT2D eigenvalue weighted by Crippen LogP contribution is 2.67. The van der Waals surface area contributed by atoms with Crippen LogP contribution in [0.3, 0.4) is 0 Å². The number of anilines is 4. The fraction of sp³-hybridized carbons (Fsp3) is 0.394. The Balaban J connectivity index is 1.31. The first-order valence-electron chi connectivity index (χ1n) is 15.4. The summed E-state index contributed by atoms with van der Waals surface area (Å²) in [6.45, 7) is 7.03. The number of carbonyl (C=O) groups excluding carboxylic acids is 2. The molecule has 7 rings (SSSR count). The number of carboxylic acid groups (broad SMARTS) is 1.